The Morgan fingerprint density at radius 1 is 1.13 bits per heavy atom. The lowest BCUT2D eigenvalue weighted by Gasteiger charge is -2.16. The van der Waals surface area contributed by atoms with Crippen molar-refractivity contribution in [2.75, 3.05) is 13.6 Å². The van der Waals surface area contributed by atoms with Crippen molar-refractivity contribution in [2.24, 2.45) is 0 Å². The Kier molecular flexibility index (Phi) is 6.96. The lowest BCUT2D eigenvalue weighted by atomic mass is 10.1. The van der Waals surface area contributed by atoms with E-state index in [1.807, 2.05) is 30.3 Å². The van der Waals surface area contributed by atoms with Crippen molar-refractivity contribution in [3.05, 3.63) is 72.2 Å². The van der Waals surface area contributed by atoms with Gasteiger partial charge in [0.15, 0.2) is 12.4 Å². The highest BCUT2D eigenvalue weighted by atomic mass is 32.2. The molecule has 0 aliphatic rings. The molecule has 1 heterocycles. The molecule has 3 rings (SSSR count). The van der Waals surface area contributed by atoms with E-state index in [0.717, 1.165) is 22.0 Å². The van der Waals surface area contributed by atoms with E-state index in [2.05, 4.69) is 5.16 Å². The van der Waals surface area contributed by atoms with Crippen LogP contribution in [0.1, 0.15) is 18.6 Å². The molecule has 0 amide bonds. The van der Waals surface area contributed by atoms with Gasteiger partial charge in [0, 0.05) is 31.6 Å². The predicted octanol–water partition coefficient (Wildman–Crippen LogP) is 3.62. The topological polar surface area (TPSA) is 89.7 Å². The Morgan fingerprint density at radius 2 is 1.83 bits per heavy atom. The van der Waals surface area contributed by atoms with E-state index < -0.39 is 21.8 Å². The van der Waals surface area contributed by atoms with Crippen molar-refractivity contribution in [1.29, 1.82) is 0 Å². The number of halogens is 1. The van der Waals surface area contributed by atoms with Crippen LogP contribution in [0.15, 0.2) is 70.1 Å². The van der Waals surface area contributed by atoms with Gasteiger partial charge in [0.25, 0.3) is 0 Å². The molecule has 1 aromatic heterocycles. The molecule has 0 atom stereocenters. The first-order chi connectivity index (χ1) is 14.4. The SMILES string of the molecule is CN(CCCC(=O)OCc1cc(-c2ccccc2)no1)S(=O)(=O)c1ccc(F)cc1. The van der Waals surface area contributed by atoms with Crippen LogP contribution in [0.3, 0.4) is 0 Å². The van der Waals surface area contributed by atoms with Crippen LogP contribution >= 0.6 is 0 Å². The molecule has 2 aromatic carbocycles. The first kappa shape index (κ1) is 21.7. The second-order valence-electron chi connectivity index (χ2n) is 6.59. The first-order valence-electron chi connectivity index (χ1n) is 9.25. The number of aromatic nitrogens is 1. The average Bonchev–Trinajstić information content (AvgIpc) is 3.22. The molecular formula is C21H21FN2O5S. The van der Waals surface area contributed by atoms with Gasteiger partial charge in [0.2, 0.25) is 10.0 Å². The summed E-state index contributed by atoms with van der Waals surface area (Å²) in [5.41, 5.74) is 1.54. The minimum atomic E-state index is -3.74. The van der Waals surface area contributed by atoms with Gasteiger partial charge in [-0.1, -0.05) is 35.5 Å². The third-order valence-electron chi connectivity index (χ3n) is 4.38. The summed E-state index contributed by atoms with van der Waals surface area (Å²) in [5.74, 6) is -0.569. The Labute approximate surface area is 174 Å². The van der Waals surface area contributed by atoms with Gasteiger partial charge in [0.05, 0.1) is 4.90 Å². The van der Waals surface area contributed by atoms with Crippen molar-refractivity contribution in [1.82, 2.24) is 9.46 Å². The summed E-state index contributed by atoms with van der Waals surface area (Å²) in [4.78, 5) is 11.9. The standard InChI is InChI=1S/C21H21FN2O5S/c1-24(30(26,27)19-11-9-17(22)10-12-19)13-5-8-21(25)28-15-18-14-20(23-29-18)16-6-3-2-4-7-16/h2-4,6-7,9-12,14H,5,8,13,15H2,1H3. The Balaban J connectivity index is 1.44. The fourth-order valence-electron chi connectivity index (χ4n) is 2.70. The van der Waals surface area contributed by atoms with E-state index in [9.17, 15) is 17.6 Å². The van der Waals surface area contributed by atoms with Crippen LogP contribution in [0.5, 0.6) is 0 Å². The number of ether oxygens (including phenoxy) is 1. The van der Waals surface area contributed by atoms with E-state index in [4.69, 9.17) is 9.26 Å². The van der Waals surface area contributed by atoms with Gasteiger partial charge < -0.3 is 9.26 Å². The summed E-state index contributed by atoms with van der Waals surface area (Å²) in [6.45, 7) is 0.0671. The fraction of sp³-hybridized carbons (Fsp3) is 0.238. The molecule has 0 unspecified atom stereocenters. The molecule has 0 bridgehead atoms. The molecule has 0 aliphatic carbocycles. The number of hydrogen-bond acceptors (Lipinski definition) is 6. The van der Waals surface area contributed by atoms with Crippen molar-refractivity contribution in [3.8, 4) is 11.3 Å². The number of esters is 1. The van der Waals surface area contributed by atoms with E-state index in [1.165, 1.54) is 19.2 Å². The summed E-state index contributed by atoms with van der Waals surface area (Å²) in [6, 6.07) is 15.7. The second kappa shape index (κ2) is 9.64. The molecule has 9 heteroatoms. The molecule has 30 heavy (non-hydrogen) atoms. The van der Waals surface area contributed by atoms with Crippen LogP contribution in [0.2, 0.25) is 0 Å². The maximum absolute atomic E-state index is 13.0. The van der Waals surface area contributed by atoms with Crippen LogP contribution in [-0.4, -0.2) is 37.4 Å². The van der Waals surface area contributed by atoms with Gasteiger partial charge in [-0.05, 0) is 30.7 Å². The zero-order valence-corrected chi connectivity index (χ0v) is 17.1. The van der Waals surface area contributed by atoms with Crippen LogP contribution in [0.25, 0.3) is 11.3 Å². The van der Waals surface area contributed by atoms with E-state index >= 15 is 0 Å². The van der Waals surface area contributed by atoms with Crippen molar-refractivity contribution >= 4 is 16.0 Å². The lowest BCUT2D eigenvalue weighted by molar-refractivity contribution is -0.145. The Morgan fingerprint density at radius 3 is 2.53 bits per heavy atom. The van der Waals surface area contributed by atoms with E-state index in [0.29, 0.717) is 11.5 Å². The highest BCUT2D eigenvalue weighted by molar-refractivity contribution is 7.89. The van der Waals surface area contributed by atoms with Gasteiger partial charge in [-0.2, -0.15) is 0 Å². The number of sulfonamides is 1. The van der Waals surface area contributed by atoms with E-state index in [1.54, 1.807) is 6.07 Å². The van der Waals surface area contributed by atoms with E-state index in [-0.39, 0.29) is 30.9 Å². The minimum absolute atomic E-state index is 0.00600. The van der Waals surface area contributed by atoms with Crippen LogP contribution in [0, 0.1) is 5.82 Å². The average molecular weight is 432 g/mol. The van der Waals surface area contributed by atoms with Crippen molar-refractivity contribution in [3.63, 3.8) is 0 Å². The predicted molar refractivity (Wildman–Crippen MR) is 107 cm³/mol. The zero-order chi connectivity index (χ0) is 21.6. The normalized spacial score (nSPS) is 11.6. The molecule has 0 saturated carbocycles. The largest absolute Gasteiger partial charge is 0.457 e. The number of carbonyl (C=O) groups excluding carboxylic acids is 1. The quantitative estimate of drug-likeness (QED) is 0.480. The Bertz CT molecular complexity index is 1080. The Hall–Kier alpha value is -3.04. The molecule has 0 spiro atoms. The summed E-state index contributed by atoms with van der Waals surface area (Å²) in [7, 11) is -2.33. The maximum Gasteiger partial charge on any atom is 0.306 e. The molecule has 3 aromatic rings. The maximum atomic E-state index is 13.0. The van der Waals surface area contributed by atoms with Crippen LogP contribution in [-0.2, 0) is 26.2 Å². The molecular weight excluding hydrogens is 411 g/mol. The summed E-state index contributed by atoms with van der Waals surface area (Å²) < 4.78 is 49.3. The van der Waals surface area contributed by atoms with Gasteiger partial charge >= 0.3 is 5.97 Å². The lowest BCUT2D eigenvalue weighted by Crippen LogP contribution is -2.28. The molecule has 158 valence electrons. The number of benzene rings is 2. The molecule has 0 fully saturated rings. The molecule has 0 radical (unpaired) electrons. The van der Waals surface area contributed by atoms with Gasteiger partial charge in [-0.3, -0.25) is 4.79 Å². The number of carbonyl (C=O) groups is 1. The highest BCUT2D eigenvalue weighted by Gasteiger charge is 2.20. The first-order valence-corrected chi connectivity index (χ1v) is 10.7. The molecule has 7 nitrogen and oxygen atoms in total. The number of hydrogen-bond donors (Lipinski definition) is 0. The van der Waals surface area contributed by atoms with Crippen molar-refractivity contribution < 1.29 is 26.9 Å². The van der Waals surface area contributed by atoms with Crippen LogP contribution in [0.4, 0.5) is 4.39 Å². The van der Waals surface area contributed by atoms with Crippen LogP contribution < -0.4 is 0 Å². The summed E-state index contributed by atoms with van der Waals surface area (Å²) in [6.07, 6.45) is 0.324. The minimum Gasteiger partial charge on any atom is -0.457 e. The fourth-order valence-corrected chi connectivity index (χ4v) is 3.91. The molecule has 0 saturated heterocycles. The molecule has 0 N–H and O–H groups in total. The monoisotopic (exact) mass is 432 g/mol. The highest BCUT2D eigenvalue weighted by Crippen LogP contribution is 2.19. The van der Waals surface area contributed by atoms with Gasteiger partial charge in [-0.15, -0.1) is 0 Å². The zero-order valence-electron chi connectivity index (χ0n) is 16.3. The third-order valence-corrected chi connectivity index (χ3v) is 6.25. The smallest absolute Gasteiger partial charge is 0.306 e. The third kappa shape index (κ3) is 5.52. The molecule has 0 aliphatic heterocycles. The van der Waals surface area contributed by atoms with Gasteiger partial charge in [0.1, 0.15) is 11.5 Å². The number of nitrogens with zero attached hydrogens (tertiary/aromatic N) is 2. The van der Waals surface area contributed by atoms with Crippen molar-refractivity contribution in [2.45, 2.75) is 24.3 Å². The summed E-state index contributed by atoms with van der Waals surface area (Å²) >= 11 is 0. The number of rotatable bonds is 9. The van der Waals surface area contributed by atoms with Gasteiger partial charge in [-0.25, -0.2) is 17.1 Å². The second-order valence-corrected chi connectivity index (χ2v) is 8.63. The summed E-state index contributed by atoms with van der Waals surface area (Å²) in [5, 5.41) is 3.95.